The molecule has 1 aromatic carbocycles. The van der Waals surface area contributed by atoms with Crippen molar-refractivity contribution in [2.24, 2.45) is 0 Å². The first-order chi connectivity index (χ1) is 10.2. The molecule has 0 radical (unpaired) electrons. The van der Waals surface area contributed by atoms with Crippen molar-refractivity contribution in [3.8, 4) is 5.75 Å². The molecule has 4 nitrogen and oxygen atoms in total. The van der Waals surface area contributed by atoms with Crippen molar-refractivity contribution in [2.75, 3.05) is 27.2 Å². The number of nitrogens with one attached hydrogen (secondary N) is 1. The Bertz CT molecular complexity index is 476. The summed E-state index contributed by atoms with van der Waals surface area (Å²) in [6.07, 6.45) is 2.79. The Morgan fingerprint density at radius 1 is 1.52 bits per heavy atom. The molecule has 1 aromatic rings. The van der Waals surface area contributed by atoms with E-state index in [4.69, 9.17) is 4.74 Å². The molecule has 2 unspecified atom stereocenters. The van der Waals surface area contributed by atoms with E-state index in [2.05, 4.69) is 18.3 Å². The molecule has 1 aliphatic heterocycles. The summed E-state index contributed by atoms with van der Waals surface area (Å²) in [6.45, 7) is 3.89. The number of likely N-dealkylation sites (N-methyl/N-ethyl adjacent to an activating group) is 1. The van der Waals surface area contributed by atoms with Gasteiger partial charge in [0.25, 0.3) is 0 Å². The fourth-order valence-corrected chi connectivity index (χ4v) is 3.06. The van der Waals surface area contributed by atoms with Gasteiger partial charge in [0.1, 0.15) is 5.75 Å². The highest BCUT2D eigenvalue weighted by atomic mass is 16.5. The monoisotopic (exact) mass is 290 g/mol. The van der Waals surface area contributed by atoms with Gasteiger partial charge in [-0.25, -0.2) is 0 Å². The third-order valence-electron chi connectivity index (χ3n) is 4.28. The van der Waals surface area contributed by atoms with Crippen LogP contribution in [0.2, 0.25) is 0 Å². The maximum Gasteiger partial charge on any atom is 0.223 e. The average Bonchev–Trinajstić information content (AvgIpc) is 2.96. The molecule has 1 aliphatic rings. The molecule has 0 aliphatic carbocycles. The normalized spacial score (nSPS) is 19.6. The Morgan fingerprint density at radius 3 is 3.05 bits per heavy atom. The second-order valence-electron chi connectivity index (χ2n) is 5.82. The number of methoxy groups -OCH3 is 1. The second-order valence-corrected chi connectivity index (χ2v) is 5.82. The van der Waals surface area contributed by atoms with Crippen LogP contribution < -0.4 is 10.1 Å². The van der Waals surface area contributed by atoms with Crippen LogP contribution in [0.4, 0.5) is 0 Å². The highest BCUT2D eigenvalue weighted by molar-refractivity contribution is 5.77. The Hall–Kier alpha value is -1.55. The lowest BCUT2D eigenvalue weighted by molar-refractivity contribution is -0.132. The molecule has 0 aromatic heterocycles. The number of carbonyl (C=O) groups excluding carboxylic acids is 1. The molecule has 21 heavy (non-hydrogen) atoms. The van der Waals surface area contributed by atoms with Crippen molar-refractivity contribution < 1.29 is 9.53 Å². The predicted octanol–water partition coefficient (Wildman–Crippen LogP) is 2.40. The summed E-state index contributed by atoms with van der Waals surface area (Å²) < 4.78 is 5.26. The van der Waals surface area contributed by atoms with E-state index in [1.165, 1.54) is 0 Å². The van der Waals surface area contributed by atoms with E-state index in [9.17, 15) is 4.79 Å². The molecule has 2 rings (SSSR count). The number of nitrogens with zero attached hydrogens (tertiary/aromatic N) is 1. The molecular formula is C17H26N2O2. The standard InChI is InChI=1S/C17H26N2O2/c1-13(14-6-4-8-16(11-14)21-3)10-17(20)19-9-5-7-15(19)12-18-2/h4,6,8,11,13,15,18H,5,7,9-10,12H2,1-3H3. The zero-order valence-electron chi connectivity index (χ0n) is 13.3. The highest BCUT2D eigenvalue weighted by Crippen LogP contribution is 2.26. The zero-order valence-corrected chi connectivity index (χ0v) is 13.3. The highest BCUT2D eigenvalue weighted by Gasteiger charge is 2.28. The number of amides is 1. The van der Waals surface area contributed by atoms with Crippen molar-refractivity contribution in [1.82, 2.24) is 10.2 Å². The summed E-state index contributed by atoms with van der Waals surface area (Å²) in [7, 11) is 3.61. The SMILES string of the molecule is CNCC1CCCN1C(=O)CC(C)c1cccc(OC)c1. The van der Waals surface area contributed by atoms with E-state index >= 15 is 0 Å². The van der Waals surface area contributed by atoms with Crippen LogP contribution in [-0.4, -0.2) is 44.1 Å². The topological polar surface area (TPSA) is 41.6 Å². The first-order valence-corrected chi connectivity index (χ1v) is 7.73. The summed E-state index contributed by atoms with van der Waals surface area (Å²) in [6, 6.07) is 8.36. The van der Waals surface area contributed by atoms with Gasteiger partial charge < -0.3 is 15.0 Å². The summed E-state index contributed by atoms with van der Waals surface area (Å²) >= 11 is 0. The molecule has 116 valence electrons. The lowest BCUT2D eigenvalue weighted by atomic mass is 9.97. The van der Waals surface area contributed by atoms with Crippen molar-refractivity contribution in [3.63, 3.8) is 0 Å². The summed E-state index contributed by atoms with van der Waals surface area (Å²) in [5, 5.41) is 3.18. The van der Waals surface area contributed by atoms with Crippen LogP contribution in [0.15, 0.2) is 24.3 Å². The lowest BCUT2D eigenvalue weighted by Crippen LogP contribution is -2.41. The van der Waals surface area contributed by atoms with E-state index in [1.54, 1.807) is 7.11 Å². The zero-order chi connectivity index (χ0) is 15.2. The molecule has 1 fully saturated rings. The summed E-state index contributed by atoms with van der Waals surface area (Å²) in [4.78, 5) is 14.6. The molecule has 1 heterocycles. The van der Waals surface area contributed by atoms with Gasteiger partial charge in [0.05, 0.1) is 7.11 Å². The molecule has 1 amide bonds. The fourth-order valence-electron chi connectivity index (χ4n) is 3.06. The number of ether oxygens (including phenoxy) is 1. The van der Waals surface area contributed by atoms with E-state index in [0.29, 0.717) is 12.5 Å². The van der Waals surface area contributed by atoms with Gasteiger partial charge in [0.2, 0.25) is 5.91 Å². The van der Waals surface area contributed by atoms with Crippen LogP contribution in [0.3, 0.4) is 0 Å². The maximum atomic E-state index is 12.5. The Morgan fingerprint density at radius 2 is 2.33 bits per heavy atom. The number of likely N-dealkylation sites (tertiary alicyclic amines) is 1. The third-order valence-corrected chi connectivity index (χ3v) is 4.28. The number of benzene rings is 1. The molecule has 0 saturated carbocycles. The largest absolute Gasteiger partial charge is 0.497 e. The van der Waals surface area contributed by atoms with Crippen LogP contribution in [0.5, 0.6) is 5.75 Å². The average molecular weight is 290 g/mol. The molecule has 2 atom stereocenters. The molecular weight excluding hydrogens is 264 g/mol. The van der Waals surface area contributed by atoms with Gasteiger partial charge in [0.15, 0.2) is 0 Å². The van der Waals surface area contributed by atoms with Crippen molar-refractivity contribution in [1.29, 1.82) is 0 Å². The number of rotatable bonds is 6. The molecule has 0 bridgehead atoms. The van der Waals surface area contributed by atoms with Gasteiger partial charge in [0, 0.05) is 25.6 Å². The third kappa shape index (κ3) is 3.97. The van der Waals surface area contributed by atoms with E-state index in [0.717, 1.165) is 37.2 Å². The molecule has 0 spiro atoms. The Labute approximate surface area is 127 Å². The summed E-state index contributed by atoms with van der Waals surface area (Å²) in [5.74, 6) is 1.33. The van der Waals surface area contributed by atoms with Crippen molar-refractivity contribution in [3.05, 3.63) is 29.8 Å². The smallest absolute Gasteiger partial charge is 0.223 e. The minimum Gasteiger partial charge on any atom is -0.497 e. The number of hydrogen-bond acceptors (Lipinski definition) is 3. The van der Waals surface area contributed by atoms with Crippen LogP contribution in [0.25, 0.3) is 0 Å². The van der Waals surface area contributed by atoms with Gasteiger partial charge in [-0.2, -0.15) is 0 Å². The van der Waals surface area contributed by atoms with Gasteiger partial charge >= 0.3 is 0 Å². The van der Waals surface area contributed by atoms with Crippen LogP contribution in [0.1, 0.15) is 37.7 Å². The Balaban J connectivity index is 1.98. The molecule has 1 N–H and O–H groups in total. The second kappa shape index (κ2) is 7.46. The lowest BCUT2D eigenvalue weighted by Gasteiger charge is -2.26. The predicted molar refractivity (Wildman–Crippen MR) is 84.7 cm³/mol. The van der Waals surface area contributed by atoms with E-state index in [-0.39, 0.29) is 11.8 Å². The van der Waals surface area contributed by atoms with Crippen LogP contribution >= 0.6 is 0 Å². The van der Waals surface area contributed by atoms with Crippen LogP contribution in [0, 0.1) is 0 Å². The first-order valence-electron chi connectivity index (χ1n) is 7.73. The van der Waals surface area contributed by atoms with Crippen LogP contribution in [-0.2, 0) is 4.79 Å². The number of hydrogen-bond donors (Lipinski definition) is 1. The quantitative estimate of drug-likeness (QED) is 0.874. The van der Waals surface area contributed by atoms with Gasteiger partial charge in [-0.05, 0) is 43.5 Å². The minimum absolute atomic E-state index is 0.212. The molecule has 4 heteroatoms. The first kappa shape index (κ1) is 15.8. The minimum atomic E-state index is 0.212. The molecule has 1 saturated heterocycles. The summed E-state index contributed by atoms with van der Waals surface area (Å²) in [5.41, 5.74) is 1.16. The van der Waals surface area contributed by atoms with E-state index < -0.39 is 0 Å². The fraction of sp³-hybridized carbons (Fsp3) is 0.588. The van der Waals surface area contributed by atoms with Gasteiger partial charge in [-0.15, -0.1) is 0 Å². The Kier molecular flexibility index (Phi) is 5.62. The van der Waals surface area contributed by atoms with Crippen molar-refractivity contribution >= 4 is 5.91 Å². The van der Waals surface area contributed by atoms with E-state index in [1.807, 2.05) is 30.1 Å². The van der Waals surface area contributed by atoms with Gasteiger partial charge in [-0.1, -0.05) is 19.1 Å². The maximum absolute atomic E-state index is 12.5. The van der Waals surface area contributed by atoms with Gasteiger partial charge in [-0.3, -0.25) is 4.79 Å². The van der Waals surface area contributed by atoms with Crippen molar-refractivity contribution in [2.45, 2.75) is 38.1 Å². The number of carbonyl (C=O) groups is 1.